The molecule has 0 atom stereocenters. The van der Waals surface area contributed by atoms with E-state index in [9.17, 15) is 14.4 Å². The quantitative estimate of drug-likeness (QED) is 0.436. The van der Waals surface area contributed by atoms with Gasteiger partial charge in [0.1, 0.15) is 10.6 Å². The third-order valence-electron chi connectivity index (χ3n) is 4.83. The first kappa shape index (κ1) is 21.7. The number of thiazole rings is 1. The molecule has 0 saturated heterocycles. The Hall–Kier alpha value is -3.49. The molecular weight excluding hydrogens is 448 g/mol. The monoisotopic (exact) mass is 466 g/mol. The summed E-state index contributed by atoms with van der Waals surface area (Å²) in [4.78, 5) is 44.6. The average Bonchev–Trinajstić information content (AvgIpc) is 3.27. The molecule has 2 heterocycles. The van der Waals surface area contributed by atoms with Crippen LogP contribution in [0.15, 0.2) is 75.8 Å². The minimum atomic E-state index is -0.675. The number of rotatable bonds is 7. The second-order valence-corrected chi connectivity index (χ2v) is 8.27. The van der Waals surface area contributed by atoms with E-state index in [1.807, 2.05) is 35.7 Å². The van der Waals surface area contributed by atoms with Gasteiger partial charge < -0.3 is 10.3 Å². The van der Waals surface area contributed by atoms with E-state index in [1.165, 1.54) is 11.3 Å². The predicted molar refractivity (Wildman–Crippen MR) is 125 cm³/mol. The van der Waals surface area contributed by atoms with Crippen LogP contribution < -0.4 is 16.6 Å². The standard InChI is InChI=1S/C23H19ClN4O3S/c24-19-9-5-4-8-16(19)13-28-22(30)18(12-26-23(28)31)20(29)25-11-10-17-14-32-21(27-17)15-6-2-1-3-7-15/h1-9,12,14H,10-11,13H2,(H,25,29)(H,26,31). The van der Waals surface area contributed by atoms with Crippen LogP contribution in [0.1, 0.15) is 21.6 Å². The van der Waals surface area contributed by atoms with Gasteiger partial charge in [-0.15, -0.1) is 11.3 Å². The van der Waals surface area contributed by atoms with Gasteiger partial charge in [0.15, 0.2) is 0 Å². The van der Waals surface area contributed by atoms with E-state index in [0.717, 1.165) is 27.0 Å². The Bertz CT molecular complexity index is 1360. The third-order valence-corrected chi connectivity index (χ3v) is 6.14. The van der Waals surface area contributed by atoms with Crippen LogP contribution >= 0.6 is 22.9 Å². The number of hydrogen-bond donors (Lipinski definition) is 2. The smallest absolute Gasteiger partial charge is 0.328 e. The van der Waals surface area contributed by atoms with Crippen LogP contribution in [0.2, 0.25) is 5.02 Å². The maximum Gasteiger partial charge on any atom is 0.328 e. The van der Waals surface area contributed by atoms with E-state index in [-0.39, 0.29) is 12.1 Å². The Morgan fingerprint density at radius 3 is 2.62 bits per heavy atom. The largest absolute Gasteiger partial charge is 0.351 e. The average molecular weight is 467 g/mol. The molecule has 2 aromatic heterocycles. The number of halogens is 1. The van der Waals surface area contributed by atoms with Gasteiger partial charge in [-0.2, -0.15) is 0 Å². The molecule has 4 aromatic rings. The zero-order chi connectivity index (χ0) is 22.5. The van der Waals surface area contributed by atoms with Gasteiger partial charge in [-0.05, 0) is 11.6 Å². The first-order chi connectivity index (χ1) is 15.5. The number of benzene rings is 2. The molecule has 2 N–H and O–H groups in total. The van der Waals surface area contributed by atoms with Crippen LogP contribution in [0.3, 0.4) is 0 Å². The normalized spacial score (nSPS) is 10.8. The summed E-state index contributed by atoms with van der Waals surface area (Å²) in [5.74, 6) is -0.558. The van der Waals surface area contributed by atoms with Gasteiger partial charge in [0.05, 0.1) is 12.2 Å². The van der Waals surface area contributed by atoms with Crippen LogP contribution in [-0.4, -0.2) is 27.0 Å². The summed E-state index contributed by atoms with van der Waals surface area (Å²) in [5.41, 5.74) is 1.08. The number of aromatic nitrogens is 3. The van der Waals surface area contributed by atoms with E-state index in [2.05, 4.69) is 15.3 Å². The minimum Gasteiger partial charge on any atom is -0.351 e. The fourth-order valence-corrected chi connectivity index (χ4v) is 4.20. The van der Waals surface area contributed by atoms with Gasteiger partial charge in [-0.1, -0.05) is 60.1 Å². The van der Waals surface area contributed by atoms with E-state index in [4.69, 9.17) is 11.6 Å². The van der Waals surface area contributed by atoms with Crippen molar-refractivity contribution in [2.24, 2.45) is 0 Å². The van der Waals surface area contributed by atoms with Gasteiger partial charge in [-0.3, -0.25) is 14.2 Å². The number of H-pyrrole nitrogens is 1. The van der Waals surface area contributed by atoms with Gasteiger partial charge in [-0.25, -0.2) is 9.78 Å². The summed E-state index contributed by atoms with van der Waals surface area (Å²) in [6, 6.07) is 16.8. The van der Waals surface area contributed by atoms with Gasteiger partial charge >= 0.3 is 5.69 Å². The Morgan fingerprint density at radius 2 is 1.84 bits per heavy atom. The lowest BCUT2D eigenvalue weighted by molar-refractivity contribution is 0.0951. The lowest BCUT2D eigenvalue weighted by Crippen LogP contribution is -2.41. The Morgan fingerprint density at radius 1 is 1.09 bits per heavy atom. The SMILES string of the molecule is O=C(NCCc1csc(-c2ccccc2)n1)c1c[nH]c(=O)n(Cc2ccccc2Cl)c1=O. The lowest BCUT2D eigenvalue weighted by atomic mass is 10.2. The molecule has 0 aliphatic heterocycles. The highest BCUT2D eigenvalue weighted by atomic mass is 35.5. The molecule has 0 unspecified atom stereocenters. The maximum absolute atomic E-state index is 12.8. The summed E-state index contributed by atoms with van der Waals surface area (Å²) >= 11 is 7.67. The van der Waals surface area contributed by atoms with E-state index < -0.39 is 17.2 Å². The van der Waals surface area contributed by atoms with Gasteiger partial charge in [0.25, 0.3) is 11.5 Å². The van der Waals surface area contributed by atoms with E-state index in [1.54, 1.807) is 24.3 Å². The molecule has 0 fully saturated rings. The summed E-state index contributed by atoms with van der Waals surface area (Å²) in [6.07, 6.45) is 1.66. The van der Waals surface area contributed by atoms with Crippen LogP contribution in [0.5, 0.6) is 0 Å². The number of aromatic amines is 1. The van der Waals surface area contributed by atoms with Gasteiger partial charge in [0.2, 0.25) is 0 Å². The molecule has 0 aliphatic carbocycles. The fourth-order valence-electron chi connectivity index (χ4n) is 3.15. The first-order valence-corrected chi connectivity index (χ1v) is 11.1. The highest BCUT2D eigenvalue weighted by molar-refractivity contribution is 7.13. The molecule has 0 radical (unpaired) electrons. The van der Waals surface area contributed by atoms with Crippen molar-refractivity contribution in [3.05, 3.63) is 109 Å². The van der Waals surface area contributed by atoms with Crippen LogP contribution in [0.4, 0.5) is 0 Å². The zero-order valence-electron chi connectivity index (χ0n) is 16.9. The van der Waals surface area contributed by atoms with Crippen LogP contribution in [0, 0.1) is 0 Å². The number of hydrogen-bond acceptors (Lipinski definition) is 5. The van der Waals surface area contributed by atoms with Crippen molar-refractivity contribution >= 4 is 28.8 Å². The van der Waals surface area contributed by atoms with Crippen molar-refractivity contribution < 1.29 is 4.79 Å². The maximum atomic E-state index is 12.8. The first-order valence-electron chi connectivity index (χ1n) is 9.87. The molecule has 4 rings (SSSR count). The molecule has 2 aromatic carbocycles. The zero-order valence-corrected chi connectivity index (χ0v) is 18.4. The number of carbonyl (C=O) groups is 1. The fraction of sp³-hybridized carbons (Fsp3) is 0.130. The molecule has 0 bridgehead atoms. The number of carbonyl (C=O) groups excluding carboxylic acids is 1. The third kappa shape index (κ3) is 4.87. The molecule has 162 valence electrons. The van der Waals surface area contributed by atoms with Crippen molar-refractivity contribution in [2.75, 3.05) is 6.54 Å². The molecule has 0 spiro atoms. The molecule has 0 saturated carbocycles. The molecular formula is C23H19ClN4O3S. The minimum absolute atomic E-state index is 0.0317. The molecule has 32 heavy (non-hydrogen) atoms. The Balaban J connectivity index is 1.43. The highest BCUT2D eigenvalue weighted by Gasteiger charge is 2.15. The van der Waals surface area contributed by atoms with Crippen LogP contribution in [0.25, 0.3) is 10.6 Å². The highest BCUT2D eigenvalue weighted by Crippen LogP contribution is 2.23. The molecule has 1 amide bonds. The molecule has 0 aliphatic rings. The van der Waals surface area contributed by atoms with Crippen molar-refractivity contribution in [3.8, 4) is 10.6 Å². The summed E-state index contributed by atoms with van der Waals surface area (Å²) in [7, 11) is 0. The van der Waals surface area contributed by atoms with E-state index >= 15 is 0 Å². The van der Waals surface area contributed by atoms with Gasteiger partial charge in [0, 0.05) is 35.1 Å². The van der Waals surface area contributed by atoms with Crippen molar-refractivity contribution in [3.63, 3.8) is 0 Å². The Labute approximate surface area is 192 Å². The Kier molecular flexibility index (Phi) is 6.63. The van der Waals surface area contributed by atoms with Crippen LogP contribution in [-0.2, 0) is 13.0 Å². The predicted octanol–water partition coefficient (Wildman–Crippen LogP) is 3.33. The summed E-state index contributed by atoms with van der Waals surface area (Å²) in [5, 5.41) is 6.02. The second kappa shape index (κ2) is 9.76. The van der Waals surface area contributed by atoms with Crippen molar-refractivity contribution in [2.45, 2.75) is 13.0 Å². The second-order valence-electron chi connectivity index (χ2n) is 7.01. The number of amides is 1. The topological polar surface area (TPSA) is 96.8 Å². The number of nitrogens with zero attached hydrogens (tertiary/aromatic N) is 2. The molecule has 7 nitrogen and oxygen atoms in total. The summed E-state index contributed by atoms with van der Waals surface area (Å²) in [6.45, 7) is 0.274. The summed E-state index contributed by atoms with van der Waals surface area (Å²) < 4.78 is 0.961. The lowest BCUT2D eigenvalue weighted by Gasteiger charge is -2.09. The van der Waals surface area contributed by atoms with Crippen molar-refractivity contribution in [1.82, 2.24) is 19.9 Å². The molecule has 9 heteroatoms. The number of nitrogens with one attached hydrogen (secondary N) is 2. The van der Waals surface area contributed by atoms with E-state index in [0.29, 0.717) is 23.6 Å². The van der Waals surface area contributed by atoms with Crippen molar-refractivity contribution in [1.29, 1.82) is 0 Å².